The van der Waals surface area contributed by atoms with Gasteiger partial charge in [0, 0.05) is 28.7 Å². The molecule has 1 fully saturated rings. The smallest absolute Gasteiger partial charge is 0.145 e. The van der Waals surface area contributed by atoms with E-state index in [1.807, 2.05) is 0 Å². The predicted molar refractivity (Wildman–Crippen MR) is 114 cm³/mol. The molecule has 6 rings (SSSR count). The number of rotatable bonds is 1. The molecule has 0 atom stereocenters. The second-order valence-electron chi connectivity index (χ2n) is 8.07. The third-order valence-electron chi connectivity index (χ3n) is 6.62. The van der Waals surface area contributed by atoms with E-state index < -0.39 is 0 Å². The minimum absolute atomic E-state index is 0.673. The molecular formula is C25H23NO. The minimum Gasteiger partial charge on any atom is -0.455 e. The van der Waals surface area contributed by atoms with Gasteiger partial charge in [0.2, 0.25) is 0 Å². The molecule has 134 valence electrons. The van der Waals surface area contributed by atoms with Crippen LogP contribution in [0.4, 0.5) is 0 Å². The zero-order valence-corrected chi connectivity index (χ0v) is 15.7. The van der Waals surface area contributed by atoms with Crippen molar-refractivity contribution in [3.05, 3.63) is 60.2 Å². The highest BCUT2D eigenvalue weighted by Crippen LogP contribution is 2.43. The van der Waals surface area contributed by atoms with Crippen molar-refractivity contribution in [2.75, 3.05) is 0 Å². The van der Waals surface area contributed by atoms with Gasteiger partial charge in [0.1, 0.15) is 11.2 Å². The number of para-hydroxylation sites is 1. The first-order valence-corrected chi connectivity index (χ1v) is 10.1. The van der Waals surface area contributed by atoms with Gasteiger partial charge in [0.15, 0.2) is 0 Å². The molecule has 0 radical (unpaired) electrons. The molecule has 0 N–H and O–H groups in total. The Bertz CT molecular complexity index is 1310. The van der Waals surface area contributed by atoms with Crippen molar-refractivity contribution < 1.29 is 4.42 Å². The molecular weight excluding hydrogens is 330 g/mol. The highest BCUT2D eigenvalue weighted by molar-refractivity contribution is 6.23. The lowest BCUT2D eigenvalue weighted by atomic mass is 9.82. The fourth-order valence-electron chi connectivity index (χ4n) is 5.31. The average molecular weight is 353 g/mol. The van der Waals surface area contributed by atoms with E-state index in [0.717, 1.165) is 11.2 Å². The highest BCUT2D eigenvalue weighted by atomic mass is 16.3. The lowest BCUT2D eigenvalue weighted by molar-refractivity contribution is 0.445. The standard InChI is InChI=1S/C25H23NO/c1-26-20-12-6-5-10-18(20)24-21(26)15-14-19-23-17(16-8-3-2-4-9-16)11-7-13-22(23)27-25(19)24/h5-7,10-16H,2-4,8-9H2,1H3. The minimum atomic E-state index is 0.673. The fourth-order valence-corrected chi connectivity index (χ4v) is 5.31. The fraction of sp³-hybridized carbons (Fsp3) is 0.280. The van der Waals surface area contributed by atoms with Crippen LogP contribution in [0.3, 0.4) is 0 Å². The van der Waals surface area contributed by atoms with E-state index in [1.54, 1.807) is 0 Å². The largest absolute Gasteiger partial charge is 0.455 e. The number of fused-ring (bicyclic) bond motifs is 7. The monoisotopic (exact) mass is 353 g/mol. The van der Waals surface area contributed by atoms with Gasteiger partial charge >= 0.3 is 0 Å². The third-order valence-corrected chi connectivity index (χ3v) is 6.62. The number of benzene rings is 3. The Morgan fingerprint density at radius 3 is 2.52 bits per heavy atom. The highest BCUT2D eigenvalue weighted by Gasteiger charge is 2.22. The Kier molecular flexibility index (Phi) is 3.19. The van der Waals surface area contributed by atoms with E-state index in [2.05, 4.69) is 66.2 Å². The summed E-state index contributed by atoms with van der Waals surface area (Å²) in [6, 6.07) is 19.8. The van der Waals surface area contributed by atoms with Crippen LogP contribution in [0.25, 0.3) is 43.7 Å². The van der Waals surface area contributed by atoms with Crippen molar-refractivity contribution in [3.63, 3.8) is 0 Å². The maximum atomic E-state index is 6.51. The van der Waals surface area contributed by atoms with E-state index in [4.69, 9.17) is 4.42 Å². The average Bonchev–Trinajstić information content (AvgIpc) is 3.25. The van der Waals surface area contributed by atoms with Gasteiger partial charge in [0.25, 0.3) is 0 Å². The first-order valence-electron chi connectivity index (χ1n) is 10.1. The van der Waals surface area contributed by atoms with Crippen molar-refractivity contribution in [2.24, 2.45) is 7.05 Å². The summed E-state index contributed by atoms with van der Waals surface area (Å²) < 4.78 is 8.78. The van der Waals surface area contributed by atoms with Crippen LogP contribution in [-0.2, 0) is 7.05 Å². The van der Waals surface area contributed by atoms with Gasteiger partial charge in [0.05, 0.1) is 10.9 Å². The molecule has 2 heterocycles. The normalized spacial score (nSPS) is 16.2. The molecule has 0 spiro atoms. The van der Waals surface area contributed by atoms with Gasteiger partial charge in [-0.2, -0.15) is 0 Å². The van der Waals surface area contributed by atoms with Crippen LogP contribution in [-0.4, -0.2) is 4.57 Å². The molecule has 2 nitrogen and oxygen atoms in total. The Hall–Kier alpha value is -2.74. The number of hydrogen-bond acceptors (Lipinski definition) is 1. The zero-order chi connectivity index (χ0) is 18.0. The summed E-state index contributed by atoms with van der Waals surface area (Å²) in [4.78, 5) is 0. The lowest BCUT2D eigenvalue weighted by Gasteiger charge is -2.22. The molecule has 0 bridgehead atoms. The maximum absolute atomic E-state index is 6.51. The van der Waals surface area contributed by atoms with Gasteiger partial charge in [-0.1, -0.05) is 49.6 Å². The molecule has 0 saturated heterocycles. The maximum Gasteiger partial charge on any atom is 0.145 e. The Balaban J connectivity index is 1.75. The van der Waals surface area contributed by atoms with Crippen LogP contribution in [0.1, 0.15) is 43.6 Å². The molecule has 5 aromatic rings. The third kappa shape index (κ3) is 2.07. The number of aryl methyl sites for hydroxylation is 1. The predicted octanol–water partition coefficient (Wildman–Crippen LogP) is 7.28. The number of furan rings is 1. The van der Waals surface area contributed by atoms with E-state index in [-0.39, 0.29) is 0 Å². The molecule has 0 amide bonds. The quantitative estimate of drug-likeness (QED) is 0.310. The van der Waals surface area contributed by atoms with Gasteiger partial charge in [-0.05, 0) is 48.6 Å². The van der Waals surface area contributed by atoms with Crippen LogP contribution in [0, 0.1) is 0 Å². The zero-order valence-electron chi connectivity index (χ0n) is 15.7. The van der Waals surface area contributed by atoms with Crippen molar-refractivity contribution >= 4 is 43.7 Å². The molecule has 2 aromatic heterocycles. The van der Waals surface area contributed by atoms with Crippen LogP contribution >= 0.6 is 0 Å². The molecule has 3 aromatic carbocycles. The summed E-state index contributed by atoms with van der Waals surface area (Å²) in [5.41, 5.74) is 6.07. The summed E-state index contributed by atoms with van der Waals surface area (Å²) in [5, 5.41) is 5.14. The topological polar surface area (TPSA) is 18.1 Å². The van der Waals surface area contributed by atoms with Gasteiger partial charge in [-0.25, -0.2) is 0 Å². The molecule has 1 aliphatic carbocycles. The Labute approximate surface area is 158 Å². The summed E-state index contributed by atoms with van der Waals surface area (Å²) in [6.07, 6.45) is 6.70. The van der Waals surface area contributed by atoms with E-state index in [0.29, 0.717) is 5.92 Å². The second kappa shape index (κ2) is 5.63. The van der Waals surface area contributed by atoms with Crippen LogP contribution < -0.4 is 0 Å². The summed E-state index contributed by atoms with van der Waals surface area (Å²) in [6.45, 7) is 0. The summed E-state index contributed by atoms with van der Waals surface area (Å²) in [7, 11) is 2.15. The first kappa shape index (κ1) is 15.3. The summed E-state index contributed by atoms with van der Waals surface area (Å²) in [5.74, 6) is 0.673. The number of hydrogen-bond donors (Lipinski definition) is 0. The molecule has 0 aliphatic heterocycles. The van der Waals surface area contributed by atoms with Crippen molar-refractivity contribution in [1.82, 2.24) is 4.57 Å². The van der Waals surface area contributed by atoms with Gasteiger partial charge in [-0.3, -0.25) is 0 Å². The molecule has 27 heavy (non-hydrogen) atoms. The Morgan fingerprint density at radius 2 is 1.63 bits per heavy atom. The van der Waals surface area contributed by atoms with Crippen LogP contribution in [0.15, 0.2) is 59.0 Å². The second-order valence-corrected chi connectivity index (χ2v) is 8.07. The molecule has 2 heteroatoms. The molecule has 0 unspecified atom stereocenters. The van der Waals surface area contributed by atoms with Crippen molar-refractivity contribution in [3.8, 4) is 0 Å². The SMILES string of the molecule is Cn1c2ccccc2c2c3oc4cccc(C5CCCCC5)c4c3ccc21. The lowest BCUT2D eigenvalue weighted by Crippen LogP contribution is -2.04. The Morgan fingerprint density at radius 1 is 0.778 bits per heavy atom. The van der Waals surface area contributed by atoms with Gasteiger partial charge < -0.3 is 8.98 Å². The first-order chi connectivity index (χ1) is 13.3. The van der Waals surface area contributed by atoms with E-state index >= 15 is 0 Å². The molecule has 1 aliphatic rings. The van der Waals surface area contributed by atoms with E-state index in [1.165, 1.54) is 70.2 Å². The molecule has 1 saturated carbocycles. The summed E-state index contributed by atoms with van der Waals surface area (Å²) >= 11 is 0. The van der Waals surface area contributed by atoms with Crippen LogP contribution in [0.2, 0.25) is 0 Å². The number of aromatic nitrogens is 1. The van der Waals surface area contributed by atoms with E-state index in [9.17, 15) is 0 Å². The van der Waals surface area contributed by atoms with Crippen molar-refractivity contribution in [1.29, 1.82) is 0 Å². The van der Waals surface area contributed by atoms with Gasteiger partial charge in [-0.15, -0.1) is 0 Å². The van der Waals surface area contributed by atoms with Crippen LogP contribution in [0.5, 0.6) is 0 Å². The van der Waals surface area contributed by atoms with Crippen molar-refractivity contribution in [2.45, 2.75) is 38.0 Å². The number of nitrogens with zero attached hydrogens (tertiary/aromatic N) is 1.